The number of hydrogen-bond acceptors (Lipinski definition) is 2. The zero-order valence-electron chi connectivity index (χ0n) is 29.7. The van der Waals surface area contributed by atoms with Gasteiger partial charge in [-0.05, 0) is 109 Å². The number of rotatable bonds is 3. The van der Waals surface area contributed by atoms with E-state index < -0.39 is 0 Å². The number of fused-ring (bicyclic) bond motifs is 7. The zero-order valence-corrected chi connectivity index (χ0v) is 32.0. The van der Waals surface area contributed by atoms with Gasteiger partial charge in [0.2, 0.25) is 0 Å². The van der Waals surface area contributed by atoms with Crippen molar-refractivity contribution in [1.82, 2.24) is 9.97 Å². The SMILES string of the molecule is Brc1cc(-c2nc(-c3ccc4ccccc4c3)c3cc(-c4ccccc4)ccc3n2)cc2ccccc12.Clc1cccc2c1-c1cc3ccccc3cc1C2. The second kappa shape index (κ2) is 13.9. The van der Waals surface area contributed by atoms with Gasteiger partial charge in [-0.1, -0.05) is 167 Å². The molecule has 0 bridgehead atoms. The maximum atomic E-state index is 6.35. The summed E-state index contributed by atoms with van der Waals surface area (Å²) in [5.41, 5.74) is 11.5. The fourth-order valence-electron chi connectivity index (χ4n) is 7.91. The van der Waals surface area contributed by atoms with Crippen LogP contribution in [0.15, 0.2) is 186 Å². The summed E-state index contributed by atoms with van der Waals surface area (Å²) >= 11 is 10.1. The normalized spacial score (nSPS) is 11.7. The lowest BCUT2D eigenvalue weighted by molar-refractivity contribution is 1.23. The van der Waals surface area contributed by atoms with Gasteiger partial charge in [-0.15, -0.1) is 0 Å². The lowest BCUT2D eigenvalue weighted by atomic mass is 9.98. The van der Waals surface area contributed by atoms with Crippen molar-refractivity contribution in [2.45, 2.75) is 6.42 Å². The van der Waals surface area contributed by atoms with Crippen molar-refractivity contribution in [3.8, 4) is 44.9 Å². The molecule has 0 aliphatic heterocycles. The molecular formula is C51H32BrClN2. The van der Waals surface area contributed by atoms with E-state index in [-0.39, 0.29) is 0 Å². The van der Waals surface area contributed by atoms with Gasteiger partial charge in [0.1, 0.15) is 0 Å². The highest BCUT2D eigenvalue weighted by Gasteiger charge is 2.21. The molecule has 0 saturated carbocycles. The molecule has 0 radical (unpaired) electrons. The topological polar surface area (TPSA) is 25.8 Å². The number of halogens is 2. The Morgan fingerprint density at radius 3 is 1.93 bits per heavy atom. The van der Waals surface area contributed by atoms with Gasteiger partial charge in [-0.2, -0.15) is 0 Å². The first-order valence-corrected chi connectivity index (χ1v) is 19.6. The van der Waals surface area contributed by atoms with E-state index in [4.69, 9.17) is 21.6 Å². The van der Waals surface area contributed by atoms with E-state index in [1.54, 1.807) is 0 Å². The van der Waals surface area contributed by atoms with Crippen LogP contribution in [0.5, 0.6) is 0 Å². The lowest BCUT2D eigenvalue weighted by Gasteiger charge is -2.13. The molecule has 11 rings (SSSR count). The first kappa shape index (κ1) is 33.4. The molecule has 1 aliphatic carbocycles. The summed E-state index contributed by atoms with van der Waals surface area (Å²) in [5, 5.41) is 9.23. The number of hydrogen-bond donors (Lipinski definition) is 0. The van der Waals surface area contributed by atoms with Gasteiger partial charge in [-0.25, -0.2) is 9.97 Å². The summed E-state index contributed by atoms with van der Waals surface area (Å²) in [6.07, 6.45) is 0.996. The largest absolute Gasteiger partial charge is 0.228 e. The van der Waals surface area contributed by atoms with Gasteiger partial charge in [-0.3, -0.25) is 0 Å². The Kier molecular flexibility index (Phi) is 8.47. The van der Waals surface area contributed by atoms with Gasteiger partial charge in [0.15, 0.2) is 5.82 Å². The highest BCUT2D eigenvalue weighted by molar-refractivity contribution is 9.10. The van der Waals surface area contributed by atoms with Crippen molar-refractivity contribution >= 4 is 70.8 Å². The molecule has 1 heterocycles. The highest BCUT2D eigenvalue weighted by Crippen LogP contribution is 2.43. The minimum Gasteiger partial charge on any atom is -0.228 e. The average Bonchev–Trinajstić information content (AvgIpc) is 3.61. The molecule has 0 atom stereocenters. The first-order chi connectivity index (χ1) is 27.1. The molecule has 2 nitrogen and oxygen atoms in total. The van der Waals surface area contributed by atoms with Crippen LogP contribution in [-0.2, 0) is 6.42 Å². The van der Waals surface area contributed by atoms with Gasteiger partial charge < -0.3 is 0 Å². The minimum absolute atomic E-state index is 0.717. The van der Waals surface area contributed by atoms with Gasteiger partial charge in [0, 0.05) is 31.6 Å². The van der Waals surface area contributed by atoms with E-state index in [0.717, 1.165) is 60.4 Å². The molecule has 4 heteroatoms. The molecule has 0 saturated heterocycles. The van der Waals surface area contributed by atoms with Crippen molar-refractivity contribution in [2.24, 2.45) is 0 Å². The number of aromatic nitrogens is 2. The third kappa shape index (κ3) is 6.26. The predicted molar refractivity (Wildman–Crippen MR) is 236 cm³/mol. The molecule has 9 aromatic carbocycles. The fourth-order valence-corrected chi connectivity index (χ4v) is 8.81. The maximum absolute atomic E-state index is 6.35. The van der Waals surface area contributed by atoms with E-state index in [1.165, 1.54) is 54.7 Å². The standard InChI is InChI=1S/C34H21BrN2.C17H11Cl/c35-31-21-28(19-26-12-6-7-13-29(26)31)34-36-32-17-16-25(22-8-2-1-3-9-22)20-30(32)33(37-34)27-15-14-23-10-4-5-11-24(23)18-27;18-16-7-3-6-13-9-14-8-11-4-1-2-5-12(11)10-15(14)17(13)16/h1-21H;1-8,10H,9H2. The number of nitrogens with zero attached hydrogens (tertiary/aromatic N) is 2. The summed E-state index contributed by atoms with van der Waals surface area (Å²) in [6.45, 7) is 0. The Hall–Kier alpha value is -6.13. The van der Waals surface area contributed by atoms with Crippen molar-refractivity contribution in [1.29, 1.82) is 0 Å². The van der Waals surface area contributed by atoms with Crippen LogP contribution in [-0.4, -0.2) is 9.97 Å². The van der Waals surface area contributed by atoms with Crippen LogP contribution < -0.4 is 0 Å². The molecule has 1 aliphatic rings. The van der Waals surface area contributed by atoms with Crippen LogP contribution >= 0.6 is 27.5 Å². The summed E-state index contributed by atoms with van der Waals surface area (Å²) in [7, 11) is 0. The number of benzene rings is 9. The van der Waals surface area contributed by atoms with Crippen molar-refractivity contribution in [2.75, 3.05) is 0 Å². The van der Waals surface area contributed by atoms with Crippen LogP contribution in [0.3, 0.4) is 0 Å². The van der Waals surface area contributed by atoms with Crippen LogP contribution in [0.2, 0.25) is 5.02 Å². The molecule has 55 heavy (non-hydrogen) atoms. The first-order valence-electron chi connectivity index (χ1n) is 18.4. The van der Waals surface area contributed by atoms with Crippen molar-refractivity contribution < 1.29 is 0 Å². The second-order valence-corrected chi connectivity index (χ2v) is 15.3. The Morgan fingerprint density at radius 1 is 0.436 bits per heavy atom. The molecule has 10 aromatic rings. The van der Waals surface area contributed by atoms with Crippen LogP contribution in [0.25, 0.3) is 88.1 Å². The quantitative estimate of drug-likeness (QED) is 0.178. The molecule has 0 fully saturated rings. The fraction of sp³-hybridized carbons (Fsp3) is 0.0196. The summed E-state index contributed by atoms with van der Waals surface area (Å²) < 4.78 is 1.04. The second-order valence-electron chi connectivity index (χ2n) is 14.0. The summed E-state index contributed by atoms with van der Waals surface area (Å²) in [5.74, 6) is 0.717. The Balaban J connectivity index is 0.000000172. The van der Waals surface area contributed by atoms with E-state index in [9.17, 15) is 0 Å². The monoisotopic (exact) mass is 786 g/mol. The average molecular weight is 788 g/mol. The van der Waals surface area contributed by atoms with Gasteiger partial charge >= 0.3 is 0 Å². The van der Waals surface area contributed by atoms with E-state index in [1.807, 2.05) is 18.2 Å². The minimum atomic E-state index is 0.717. The Morgan fingerprint density at radius 2 is 1.11 bits per heavy atom. The predicted octanol–water partition coefficient (Wildman–Crippen LogP) is 14.8. The summed E-state index contributed by atoms with van der Waals surface area (Å²) in [4.78, 5) is 10.2. The molecular weight excluding hydrogens is 756 g/mol. The third-order valence-electron chi connectivity index (χ3n) is 10.6. The van der Waals surface area contributed by atoms with Crippen LogP contribution in [0.1, 0.15) is 11.1 Å². The van der Waals surface area contributed by atoms with E-state index in [0.29, 0.717) is 0 Å². The van der Waals surface area contributed by atoms with Crippen LogP contribution in [0.4, 0.5) is 0 Å². The summed E-state index contributed by atoms with van der Waals surface area (Å²) in [6, 6.07) is 63.8. The maximum Gasteiger partial charge on any atom is 0.160 e. The molecule has 0 unspecified atom stereocenters. The third-order valence-corrected chi connectivity index (χ3v) is 11.6. The zero-order chi connectivity index (χ0) is 36.9. The smallest absolute Gasteiger partial charge is 0.160 e. The van der Waals surface area contributed by atoms with Gasteiger partial charge in [0.05, 0.1) is 11.2 Å². The molecule has 0 spiro atoms. The molecule has 260 valence electrons. The van der Waals surface area contributed by atoms with Crippen molar-refractivity contribution in [3.63, 3.8) is 0 Å². The van der Waals surface area contributed by atoms with Crippen molar-refractivity contribution in [3.05, 3.63) is 203 Å². The van der Waals surface area contributed by atoms with E-state index >= 15 is 0 Å². The Bertz CT molecular complexity index is 3100. The molecule has 0 amide bonds. The molecule has 0 N–H and O–H groups in total. The van der Waals surface area contributed by atoms with Gasteiger partial charge in [0.25, 0.3) is 0 Å². The van der Waals surface area contributed by atoms with E-state index in [2.05, 4.69) is 180 Å². The molecule has 1 aromatic heterocycles. The lowest BCUT2D eigenvalue weighted by Crippen LogP contribution is -1.96. The highest BCUT2D eigenvalue weighted by atomic mass is 79.9. The van der Waals surface area contributed by atoms with Crippen LogP contribution in [0, 0.1) is 0 Å². The Labute approximate surface area is 332 Å².